The fraction of sp³-hybridized carbons (Fsp3) is 0.250. The summed E-state index contributed by atoms with van der Waals surface area (Å²) < 4.78 is 10.9. The molecule has 0 saturated heterocycles. The van der Waals surface area contributed by atoms with Gasteiger partial charge in [0.25, 0.3) is 0 Å². The largest absolute Gasteiger partial charge is 0.496 e. The number of fused-ring (bicyclic) bond motifs is 1. The maximum Gasteiger partial charge on any atom is 0.141 e. The number of aromatic nitrogens is 4. The van der Waals surface area contributed by atoms with Crippen molar-refractivity contribution in [3.8, 4) is 28.0 Å². The second-order valence-corrected chi connectivity index (χ2v) is 6.02. The Morgan fingerprint density at radius 3 is 2.62 bits per heavy atom. The number of benzene rings is 1. The number of H-pyrrole nitrogens is 1. The quantitative estimate of drug-likeness (QED) is 0.571. The highest BCUT2D eigenvalue weighted by atomic mass is 16.5. The number of aromatic amines is 1. The van der Waals surface area contributed by atoms with Gasteiger partial charge < -0.3 is 14.2 Å². The summed E-state index contributed by atoms with van der Waals surface area (Å²) in [5.41, 5.74) is 6.58. The minimum absolute atomic E-state index is 0. The van der Waals surface area contributed by atoms with Crippen molar-refractivity contribution < 1.29 is 9.26 Å². The molecule has 3 aromatic heterocycles. The van der Waals surface area contributed by atoms with Gasteiger partial charge in [0.05, 0.1) is 23.8 Å². The van der Waals surface area contributed by atoms with Gasteiger partial charge in [-0.1, -0.05) is 12.6 Å². The van der Waals surface area contributed by atoms with Gasteiger partial charge in [0.1, 0.15) is 17.3 Å². The van der Waals surface area contributed by atoms with Crippen molar-refractivity contribution in [1.82, 2.24) is 20.1 Å². The molecule has 0 atom stereocenters. The first-order valence-electron chi connectivity index (χ1n) is 8.00. The van der Waals surface area contributed by atoms with Gasteiger partial charge >= 0.3 is 0 Å². The highest BCUT2D eigenvalue weighted by Crippen LogP contribution is 2.38. The van der Waals surface area contributed by atoms with Crippen LogP contribution < -0.4 is 4.74 Å². The molecule has 3 heterocycles. The molecule has 4 aromatic rings. The van der Waals surface area contributed by atoms with Gasteiger partial charge in [-0.05, 0) is 44.5 Å². The van der Waals surface area contributed by atoms with Crippen LogP contribution in [0.3, 0.4) is 0 Å². The lowest BCUT2D eigenvalue weighted by atomic mass is 9.97. The zero-order valence-electron chi connectivity index (χ0n) is 14.5. The molecule has 0 unspecified atom stereocenters. The van der Waals surface area contributed by atoms with E-state index in [1.807, 2.05) is 26.8 Å². The molecule has 26 heavy (non-hydrogen) atoms. The van der Waals surface area contributed by atoms with Gasteiger partial charge in [-0.2, -0.15) is 0 Å². The summed E-state index contributed by atoms with van der Waals surface area (Å²) in [4.78, 5) is 12.2. The average Bonchev–Trinajstić information content (AvgIpc) is 3.15. The number of hydrogen-bond donors (Lipinski definition) is 1. The highest BCUT2D eigenvalue weighted by molar-refractivity contribution is 5.97. The van der Waals surface area contributed by atoms with Crippen molar-refractivity contribution in [2.45, 2.75) is 28.2 Å². The van der Waals surface area contributed by atoms with Crippen molar-refractivity contribution in [3.63, 3.8) is 0 Å². The van der Waals surface area contributed by atoms with E-state index in [0.717, 1.165) is 56.3 Å². The molecule has 0 saturated carbocycles. The third kappa shape index (κ3) is 2.73. The van der Waals surface area contributed by atoms with Crippen molar-refractivity contribution in [2.24, 2.45) is 0 Å². The Morgan fingerprint density at radius 2 is 1.92 bits per heavy atom. The first-order chi connectivity index (χ1) is 12.1. The van der Waals surface area contributed by atoms with Crippen molar-refractivity contribution in [3.05, 3.63) is 47.9 Å². The average molecular weight is 350 g/mol. The lowest BCUT2D eigenvalue weighted by Crippen LogP contribution is -1.91. The molecule has 0 aliphatic carbocycles. The zero-order chi connectivity index (χ0) is 17.6. The van der Waals surface area contributed by atoms with Gasteiger partial charge in [0.2, 0.25) is 0 Å². The number of aryl methyl sites for hydroxylation is 3. The standard InChI is InChI=1S/C19H18N4O2.CH4/c1-10-18(11(2)25-23-10)13-7-14(15-9-20-6-5-17(15)24-4)19-16(8-13)21-12(3)22-19;/h5-9H,1-4H3,(H,21,22);1H4. The Balaban J connectivity index is 0.00000196. The van der Waals surface area contributed by atoms with E-state index in [4.69, 9.17) is 9.26 Å². The molecular formula is C20H22N4O2. The zero-order valence-corrected chi connectivity index (χ0v) is 14.5. The summed E-state index contributed by atoms with van der Waals surface area (Å²) >= 11 is 0. The topological polar surface area (TPSA) is 76.8 Å². The Hall–Kier alpha value is -3.15. The maximum atomic E-state index is 5.52. The van der Waals surface area contributed by atoms with Crippen LogP contribution in [0.4, 0.5) is 0 Å². The van der Waals surface area contributed by atoms with E-state index in [1.165, 1.54) is 0 Å². The second kappa shape index (κ2) is 6.63. The Bertz CT molecular complexity index is 1060. The van der Waals surface area contributed by atoms with Gasteiger partial charge in [0, 0.05) is 29.1 Å². The van der Waals surface area contributed by atoms with E-state index in [1.54, 1.807) is 19.5 Å². The van der Waals surface area contributed by atoms with Crippen molar-refractivity contribution >= 4 is 11.0 Å². The lowest BCUT2D eigenvalue weighted by Gasteiger charge is -2.10. The maximum absolute atomic E-state index is 5.52. The monoisotopic (exact) mass is 350 g/mol. The van der Waals surface area contributed by atoms with Gasteiger partial charge in [-0.25, -0.2) is 4.98 Å². The van der Waals surface area contributed by atoms with E-state index < -0.39 is 0 Å². The molecule has 6 nitrogen and oxygen atoms in total. The summed E-state index contributed by atoms with van der Waals surface area (Å²) in [5.74, 6) is 2.40. The molecule has 4 rings (SSSR count). The fourth-order valence-electron chi connectivity index (χ4n) is 3.25. The number of methoxy groups -OCH3 is 1. The summed E-state index contributed by atoms with van der Waals surface area (Å²) in [5, 5.41) is 4.08. The van der Waals surface area contributed by atoms with Crippen LogP contribution in [0.1, 0.15) is 24.7 Å². The highest BCUT2D eigenvalue weighted by Gasteiger charge is 2.18. The summed E-state index contributed by atoms with van der Waals surface area (Å²) in [7, 11) is 1.66. The van der Waals surface area contributed by atoms with Crippen molar-refractivity contribution in [2.75, 3.05) is 7.11 Å². The number of nitrogens with zero attached hydrogens (tertiary/aromatic N) is 3. The van der Waals surface area contributed by atoms with Crippen LogP contribution in [0.25, 0.3) is 33.3 Å². The van der Waals surface area contributed by atoms with Gasteiger partial charge in [-0.15, -0.1) is 0 Å². The van der Waals surface area contributed by atoms with E-state index in [-0.39, 0.29) is 7.43 Å². The SMILES string of the molecule is C.COc1ccncc1-c1cc(-c2c(C)noc2C)cc2[nH]c(C)nc12. The number of ether oxygens (including phenoxy) is 1. The van der Waals surface area contributed by atoms with E-state index >= 15 is 0 Å². The number of hydrogen-bond acceptors (Lipinski definition) is 5. The summed E-state index contributed by atoms with van der Waals surface area (Å²) in [6, 6.07) is 6.02. The molecule has 6 heteroatoms. The van der Waals surface area contributed by atoms with Gasteiger partial charge in [-0.3, -0.25) is 4.98 Å². The number of pyridine rings is 1. The molecule has 0 fully saturated rings. The Morgan fingerprint density at radius 1 is 1.12 bits per heavy atom. The van der Waals surface area contributed by atoms with Crippen molar-refractivity contribution in [1.29, 1.82) is 0 Å². The first-order valence-corrected chi connectivity index (χ1v) is 8.00. The third-order valence-corrected chi connectivity index (χ3v) is 4.32. The molecule has 0 aliphatic rings. The molecule has 0 spiro atoms. The third-order valence-electron chi connectivity index (χ3n) is 4.32. The minimum Gasteiger partial charge on any atom is -0.496 e. The van der Waals surface area contributed by atoms with Gasteiger partial charge in [0.15, 0.2) is 0 Å². The molecule has 1 aromatic carbocycles. The summed E-state index contributed by atoms with van der Waals surface area (Å²) in [6.07, 6.45) is 3.52. The molecule has 0 amide bonds. The molecule has 0 aliphatic heterocycles. The molecule has 134 valence electrons. The van der Waals surface area contributed by atoms with Crippen LogP contribution in [0.5, 0.6) is 5.75 Å². The predicted octanol–water partition coefficient (Wildman–Crippen LogP) is 4.85. The van der Waals surface area contributed by atoms with E-state index in [0.29, 0.717) is 0 Å². The molecule has 0 radical (unpaired) electrons. The summed E-state index contributed by atoms with van der Waals surface area (Å²) in [6.45, 7) is 5.81. The number of imidazole rings is 1. The number of rotatable bonds is 3. The Labute approximate surface area is 152 Å². The minimum atomic E-state index is 0. The van der Waals surface area contributed by atoms with Crippen LogP contribution in [0, 0.1) is 20.8 Å². The van der Waals surface area contributed by atoms with Crippen LogP contribution in [0.15, 0.2) is 35.1 Å². The lowest BCUT2D eigenvalue weighted by molar-refractivity contribution is 0.393. The number of nitrogens with one attached hydrogen (secondary N) is 1. The van der Waals surface area contributed by atoms with E-state index in [2.05, 4.69) is 32.2 Å². The second-order valence-electron chi connectivity index (χ2n) is 6.02. The molecular weight excluding hydrogens is 328 g/mol. The fourth-order valence-corrected chi connectivity index (χ4v) is 3.25. The first kappa shape index (κ1) is 17.7. The van der Waals surface area contributed by atoms with E-state index in [9.17, 15) is 0 Å². The van der Waals surface area contributed by atoms with Crippen LogP contribution in [-0.4, -0.2) is 27.2 Å². The Kier molecular flexibility index (Phi) is 4.50. The predicted molar refractivity (Wildman–Crippen MR) is 102 cm³/mol. The molecule has 1 N–H and O–H groups in total. The normalized spacial score (nSPS) is 10.8. The van der Waals surface area contributed by atoms with Crippen LogP contribution >= 0.6 is 0 Å². The smallest absolute Gasteiger partial charge is 0.141 e. The molecule has 0 bridgehead atoms. The van der Waals surface area contributed by atoms with Crippen LogP contribution in [-0.2, 0) is 0 Å². The van der Waals surface area contributed by atoms with Crippen LogP contribution in [0.2, 0.25) is 0 Å².